The molecule has 18 heavy (non-hydrogen) atoms. The molecule has 2 rings (SSSR count). The van der Waals surface area contributed by atoms with E-state index in [0.717, 1.165) is 24.2 Å². The van der Waals surface area contributed by atoms with E-state index in [0.29, 0.717) is 5.13 Å². The molecule has 1 amide bonds. The largest absolute Gasteiger partial charge is 0.477 e. The molecular formula is C11H12N2O4S. The minimum Gasteiger partial charge on any atom is -0.477 e. The van der Waals surface area contributed by atoms with Crippen molar-refractivity contribution in [2.24, 2.45) is 0 Å². The van der Waals surface area contributed by atoms with Gasteiger partial charge in [0.05, 0.1) is 6.20 Å². The highest BCUT2D eigenvalue weighted by Crippen LogP contribution is 2.34. The van der Waals surface area contributed by atoms with Crippen molar-refractivity contribution < 1.29 is 19.4 Å². The van der Waals surface area contributed by atoms with Crippen molar-refractivity contribution in [1.82, 2.24) is 4.98 Å². The fraction of sp³-hybridized carbons (Fsp3) is 0.364. The molecule has 1 aromatic heterocycles. The molecule has 1 saturated carbocycles. The maximum absolute atomic E-state index is 11.8. The van der Waals surface area contributed by atoms with Crippen LogP contribution >= 0.6 is 11.3 Å². The van der Waals surface area contributed by atoms with Crippen LogP contribution in [0.25, 0.3) is 0 Å². The summed E-state index contributed by atoms with van der Waals surface area (Å²) in [4.78, 5) is 28.1. The lowest BCUT2D eigenvalue weighted by Gasteiger charge is -2.17. The van der Waals surface area contributed by atoms with Crippen LogP contribution in [-0.4, -0.2) is 34.8 Å². The predicted octanol–water partition coefficient (Wildman–Crippen LogP) is 2.13. The maximum Gasteiger partial charge on any atom is 0.416 e. The van der Waals surface area contributed by atoms with Crippen LogP contribution in [0.15, 0.2) is 18.9 Å². The van der Waals surface area contributed by atoms with Gasteiger partial charge in [-0.05, 0) is 12.8 Å². The van der Waals surface area contributed by atoms with Crippen LogP contribution in [0.4, 0.5) is 9.93 Å². The molecule has 0 atom stereocenters. The van der Waals surface area contributed by atoms with Gasteiger partial charge in [-0.15, -0.1) is 0 Å². The van der Waals surface area contributed by atoms with Gasteiger partial charge in [-0.2, -0.15) is 0 Å². The van der Waals surface area contributed by atoms with Crippen LogP contribution in [0.5, 0.6) is 0 Å². The topological polar surface area (TPSA) is 79.7 Å². The zero-order chi connectivity index (χ0) is 13.1. The van der Waals surface area contributed by atoms with Gasteiger partial charge in [-0.3, -0.25) is 0 Å². The molecule has 96 valence electrons. The number of aromatic carboxylic acids is 1. The van der Waals surface area contributed by atoms with Gasteiger partial charge in [0.15, 0.2) is 5.13 Å². The Labute approximate surface area is 108 Å². The molecule has 1 aromatic rings. The summed E-state index contributed by atoms with van der Waals surface area (Å²) in [5.41, 5.74) is 0. The first-order valence-electron chi connectivity index (χ1n) is 5.39. The molecule has 1 heterocycles. The van der Waals surface area contributed by atoms with Gasteiger partial charge in [-0.25, -0.2) is 19.5 Å². The molecular weight excluding hydrogens is 256 g/mol. The van der Waals surface area contributed by atoms with Crippen LogP contribution in [0.2, 0.25) is 0 Å². The van der Waals surface area contributed by atoms with Gasteiger partial charge in [0.2, 0.25) is 0 Å². The minimum atomic E-state index is -1.05. The summed E-state index contributed by atoms with van der Waals surface area (Å²) in [5, 5.41) is 9.20. The molecule has 6 nitrogen and oxygen atoms in total. The lowest BCUT2D eigenvalue weighted by Crippen LogP contribution is -2.33. The number of aromatic nitrogens is 1. The van der Waals surface area contributed by atoms with E-state index in [-0.39, 0.29) is 17.5 Å². The third-order valence-corrected chi connectivity index (χ3v) is 3.33. The van der Waals surface area contributed by atoms with Gasteiger partial charge >= 0.3 is 12.1 Å². The summed E-state index contributed by atoms with van der Waals surface area (Å²) in [6.45, 7) is 3.59. The second kappa shape index (κ2) is 5.18. The number of ether oxygens (including phenoxy) is 1. The number of anilines is 1. The lowest BCUT2D eigenvalue weighted by atomic mass is 10.6. The Hall–Kier alpha value is -1.89. The average Bonchev–Trinajstić information content (AvgIpc) is 3.03. The predicted molar refractivity (Wildman–Crippen MR) is 66.1 cm³/mol. The quantitative estimate of drug-likeness (QED) is 0.827. The summed E-state index contributed by atoms with van der Waals surface area (Å²) in [6.07, 6.45) is 3.98. The number of nitrogens with zero attached hydrogens (tertiary/aromatic N) is 2. The van der Waals surface area contributed by atoms with Crippen molar-refractivity contribution in [3.8, 4) is 0 Å². The van der Waals surface area contributed by atoms with Crippen molar-refractivity contribution in [1.29, 1.82) is 0 Å². The summed E-state index contributed by atoms with van der Waals surface area (Å²) in [7, 11) is 0. The molecule has 1 aliphatic rings. The average molecular weight is 268 g/mol. The second-order valence-electron chi connectivity index (χ2n) is 3.78. The van der Waals surface area contributed by atoms with Crippen molar-refractivity contribution in [2.45, 2.75) is 18.9 Å². The van der Waals surface area contributed by atoms with Crippen molar-refractivity contribution in [3.63, 3.8) is 0 Å². The van der Waals surface area contributed by atoms with Gasteiger partial charge in [0, 0.05) is 6.04 Å². The molecule has 0 bridgehead atoms. The molecule has 1 fully saturated rings. The fourth-order valence-corrected chi connectivity index (χ4v) is 2.21. The first kappa shape index (κ1) is 12.6. The van der Waals surface area contributed by atoms with E-state index >= 15 is 0 Å². The Kier molecular flexibility index (Phi) is 3.61. The first-order chi connectivity index (χ1) is 8.63. The van der Waals surface area contributed by atoms with Gasteiger partial charge < -0.3 is 9.84 Å². The van der Waals surface area contributed by atoms with Crippen molar-refractivity contribution >= 4 is 28.5 Å². The number of thiazole rings is 1. The third-order valence-electron chi connectivity index (χ3n) is 2.34. The highest BCUT2D eigenvalue weighted by atomic mass is 32.1. The van der Waals surface area contributed by atoms with E-state index in [1.54, 1.807) is 0 Å². The Morgan fingerprint density at radius 1 is 1.67 bits per heavy atom. The van der Waals surface area contributed by atoms with Crippen LogP contribution < -0.4 is 4.90 Å². The Morgan fingerprint density at radius 3 is 2.89 bits per heavy atom. The molecule has 0 spiro atoms. The number of amides is 1. The maximum atomic E-state index is 11.8. The molecule has 1 N–H and O–H groups in total. The number of carboxylic acids is 1. The van der Waals surface area contributed by atoms with Crippen molar-refractivity contribution in [3.05, 3.63) is 23.7 Å². The number of hydrogen-bond acceptors (Lipinski definition) is 5. The second-order valence-corrected chi connectivity index (χ2v) is 4.79. The van der Waals surface area contributed by atoms with Crippen LogP contribution in [-0.2, 0) is 4.74 Å². The summed E-state index contributed by atoms with van der Waals surface area (Å²) in [6, 6.07) is 0.0649. The standard InChI is InChI=1S/C11H12N2O4S/c1-2-5-17-11(16)13(7-3-4-7)10-12-6-8(18-10)9(14)15/h2,6-7H,1,3-5H2,(H,14,15). The lowest BCUT2D eigenvalue weighted by molar-refractivity contribution is 0.0702. The van der Waals surface area contributed by atoms with E-state index < -0.39 is 12.1 Å². The SMILES string of the molecule is C=CCOC(=O)N(c1ncc(C(=O)O)s1)C1CC1. The molecule has 0 aliphatic heterocycles. The Bertz CT molecular complexity index is 481. The molecule has 1 aliphatic carbocycles. The Balaban J connectivity index is 2.15. The highest BCUT2D eigenvalue weighted by Gasteiger charge is 2.36. The fourth-order valence-electron chi connectivity index (χ4n) is 1.39. The first-order valence-corrected chi connectivity index (χ1v) is 6.21. The van der Waals surface area contributed by atoms with Crippen LogP contribution in [0.1, 0.15) is 22.5 Å². The number of rotatable bonds is 5. The monoisotopic (exact) mass is 268 g/mol. The smallest absolute Gasteiger partial charge is 0.416 e. The molecule has 0 unspecified atom stereocenters. The van der Waals surface area contributed by atoms with E-state index in [4.69, 9.17) is 9.84 Å². The molecule has 7 heteroatoms. The summed E-state index contributed by atoms with van der Waals surface area (Å²) >= 11 is 0.968. The summed E-state index contributed by atoms with van der Waals surface area (Å²) < 4.78 is 4.97. The van der Waals surface area contributed by atoms with E-state index in [2.05, 4.69) is 11.6 Å². The Morgan fingerprint density at radius 2 is 2.39 bits per heavy atom. The van der Waals surface area contributed by atoms with Gasteiger partial charge in [0.25, 0.3) is 0 Å². The van der Waals surface area contributed by atoms with Gasteiger partial charge in [-0.1, -0.05) is 24.0 Å². The van der Waals surface area contributed by atoms with Crippen molar-refractivity contribution in [2.75, 3.05) is 11.5 Å². The minimum absolute atomic E-state index is 0.0649. The number of carbonyl (C=O) groups is 2. The van der Waals surface area contributed by atoms with E-state index in [1.165, 1.54) is 17.2 Å². The number of carbonyl (C=O) groups excluding carboxylic acids is 1. The third kappa shape index (κ3) is 2.67. The number of hydrogen-bond donors (Lipinski definition) is 1. The number of carboxylic acid groups (broad SMARTS) is 1. The van der Waals surface area contributed by atoms with E-state index in [9.17, 15) is 9.59 Å². The van der Waals surface area contributed by atoms with Gasteiger partial charge in [0.1, 0.15) is 11.5 Å². The molecule has 0 radical (unpaired) electrons. The van der Waals surface area contributed by atoms with Crippen LogP contribution in [0.3, 0.4) is 0 Å². The normalized spacial score (nSPS) is 14.0. The van der Waals surface area contributed by atoms with Crippen LogP contribution in [0, 0.1) is 0 Å². The van der Waals surface area contributed by atoms with E-state index in [1.807, 2.05) is 0 Å². The zero-order valence-corrected chi connectivity index (χ0v) is 10.4. The summed E-state index contributed by atoms with van der Waals surface area (Å²) in [5.74, 6) is -1.05. The zero-order valence-electron chi connectivity index (χ0n) is 9.54. The highest BCUT2D eigenvalue weighted by molar-refractivity contribution is 7.17. The molecule has 0 aromatic carbocycles. The molecule has 0 saturated heterocycles.